The van der Waals surface area contributed by atoms with Crippen molar-refractivity contribution in [3.05, 3.63) is 46.5 Å². The summed E-state index contributed by atoms with van der Waals surface area (Å²) in [7, 11) is 1.67. The lowest BCUT2D eigenvalue weighted by atomic mass is 9.87. The van der Waals surface area contributed by atoms with E-state index in [9.17, 15) is 0 Å². The Kier molecular flexibility index (Phi) is 3.29. The quantitative estimate of drug-likeness (QED) is 0.899. The summed E-state index contributed by atoms with van der Waals surface area (Å²) >= 11 is 6.53. The molecule has 0 amide bonds. The molecule has 0 saturated carbocycles. The Hall–Kier alpha value is -1.71. The Morgan fingerprint density at radius 1 is 1.25 bits per heavy atom. The van der Waals surface area contributed by atoms with Crippen molar-refractivity contribution in [2.45, 2.75) is 24.8 Å². The lowest BCUT2D eigenvalue weighted by molar-refractivity contribution is 0.405. The number of piperidine rings is 1. The molecular weight excluding hydrogens is 320 g/mol. The van der Waals surface area contributed by atoms with E-state index >= 15 is 0 Å². The van der Waals surface area contributed by atoms with Gasteiger partial charge < -0.3 is 15.0 Å². The van der Waals surface area contributed by atoms with Gasteiger partial charge in [-0.25, -0.2) is 0 Å². The maximum atomic E-state index is 6.53. The number of ether oxygens (including phenoxy) is 1. The summed E-state index contributed by atoms with van der Waals surface area (Å²) in [4.78, 5) is 2.66. The zero-order chi connectivity index (χ0) is 16.3. The molecule has 0 radical (unpaired) electrons. The third kappa shape index (κ3) is 2.01. The molecule has 1 saturated heterocycles. The van der Waals surface area contributed by atoms with Crippen LogP contribution >= 0.6 is 11.6 Å². The second-order valence-electron chi connectivity index (χ2n) is 7.03. The van der Waals surface area contributed by atoms with Crippen molar-refractivity contribution in [2.75, 3.05) is 31.6 Å². The first-order chi connectivity index (χ1) is 11.8. The van der Waals surface area contributed by atoms with E-state index in [1.165, 1.54) is 35.3 Å². The van der Waals surface area contributed by atoms with E-state index in [-0.39, 0.29) is 0 Å². The highest BCUT2D eigenvalue weighted by atomic mass is 35.5. The number of hydrogen-bond donors (Lipinski definition) is 1. The fourth-order valence-electron chi connectivity index (χ4n) is 4.77. The molecule has 2 atom stereocenters. The van der Waals surface area contributed by atoms with Gasteiger partial charge in [-0.1, -0.05) is 11.6 Å². The molecule has 0 aromatic heterocycles. The van der Waals surface area contributed by atoms with Crippen LogP contribution in [0.4, 0.5) is 5.69 Å². The molecule has 3 aliphatic rings. The van der Waals surface area contributed by atoms with Gasteiger partial charge in [0.2, 0.25) is 0 Å². The number of fused-ring (bicyclic) bond motifs is 3. The van der Waals surface area contributed by atoms with E-state index in [1.807, 2.05) is 12.1 Å². The van der Waals surface area contributed by atoms with Crippen LogP contribution in [0.2, 0.25) is 5.02 Å². The Bertz CT molecular complexity index is 820. The molecular formula is C20H21ClN2O. The van der Waals surface area contributed by atoms with Crippen LogP contribution in [0.1, 0.15) is 23.5 Å². The van der Waals surface area contributed by atoms with Crippen LogP contribution in [0.5, 0.6) is 5.75 Å². The van der Waals surface area contributed by atoms with E-state index in [0.29, 0.717) is 12.0 Å². The number of anilines is 1. The summed E-state index contributed by atoms with van der Waals surface area (Å²) < 4.78 is 5.28. The van der Waals surface area contributed by atoms with Crippen LogP contribution in [-0.2, 0) is 6.42 Å². The van der Waals surface area contributed by atoms with Gasteiger partial charge in [0.05, 0.1) is 12.1 Å². The number of hydrogen-bond acceptors (Lipinski definition) is 3. The topological polar surface area (TPSA) is 24.5 Å². The van der Waals surface area contributed by atoms with Crippen molar-refractivity contribution in [1.82, 2.24) is 5.32 Å². The van der Waals surface area contributed by atoms with Crippen molar-refractivity contribution in [2.24, 2.45) is 0 Å². The maximum Gasteiger partial charge on any atom is 0.120 e. The van der Waals surface area contributed by atoms with Crippen LogP contribution in [0.15, 0.2) is 30.3 Å². The number of halogens is 1. The van der Waals surface area contributed by atoms with E-state index in [4.69, 9.17) is 16.3 Å². The maximum absolute atomic E-state index is 6.53. The number of methoxy groups -OCH3 is 1. The first-order valence-electron chi connectivity index (χ1n) is 8.74. The van der Waals surface area contributed by atoms with Gasteiger partial charge in [-0.15, -0.1) is 0 Å². The summed E-state index contributed by atoms with van der Waals surface area (Å²) in [5.74, 6) is 1.42. The zero-order valence-corrected chi connectivity index (χ0v) is 14.6. The molecule has 4 heteroatoms. The third-order valence-corrected chi connectivity index (χ3v) is 6.17. The summed E-state index contributed by atoms with van der Waals surface area (Å²) in [6, 6.07) is 11.4. The highest BCUT2D eigenvalue weighted by Gasteiger charge is 2.43. The zero-order valence-electron chi connectivity index (χ0n) is 13.8. The molecule has 0 bridgehead atoms. The first-order valence-corrected chi connectivity index (χ1v) is 9.12. The predicted molar refractivity (Wildman–Crippen MR) is 98.5 cm³/mol. The van der Waals surface area contributed by atoms with Gasteiger partial charge in [-0.2, -0.15) is 0 Å². The van der Waals surface area contributed by atoms with Gasteiger partial charge >= 0.3 is 0 Å². The second kappa shape index (κ2) is 5.40. The molecule has 3 nitrogen and oxygen atoms in total. The Morgan fingerprint density at radius 3 is 3.00 bits per heavy atom. The molecule has 3 heterocycles. The standard InChI is InChI=1S/C20H21ClN2O/c1-24-14-2-3-15(18(21)10-14)13-8-12-5-7-23-19-4-6-22-11-17(19)16(9-13)20(12)23/h2-3,8-10,17,19,22H,4-7,11H2,1H3/t17-,19-/m1/s1. The van der Waals surface area contributed by atoms with Gasteiger partial charge in [0.15, 0.2) is 0 Å². The predicted octanol–water partition coefficient (Wildman–Crippen LogP) is 3.84. The fourth-order valence-corrected chi connectivity index (χ4v) is 5.05. The van der Waals surface area contributed by atoms with Crippen molar-refractivity contribution >= 4 is 17.3 Å². The molecule has 2 aromatic carbocycles. The second-order valence-corrected chi connectivity index (χ2v) is 7.44. The van der Waals surface area contributed by atoms with Crippen LogP contribution in [0, 0.1) is 0 Å². The SMILES string of the molecule is COc1ccc(-c2cc3c4c(c2)[C@H]2CNCC[C@H]2N4CC3)c(Cl)c1. The van der Waals surface area contributed by atoms with Gasteiger partial charge in [0.1, 0.15) is 5.75 Å². The first kappa shape index (κ1) is 14.6. The molecule has 0 spiro atoms. The van der Waals surface area contributed by atoms with E-state index in [1.54, 1.807) is 7.11 Å². The van der Waals surface area contributed by atoms with Crippen LogP contribution < -0.4 is 15.0 Å². The van der Waals surface area contributed by atoms with Crippen LogP contribution in [-0.4, -0.2) is 32.8 Å². The summed E-state index contributed by atoms with van der Waals surface area (Å²) in [6.07, 6.45) is 2.40. The Balaban J connectivity index is 1.64. The summed E-state index contributed by atoms with van der Waals surface area (Å²) in [6.45, 7) is 3.40. The van der Waals surface area contributed by atoms with E-state index in [2.05, 4.69) is 28.4 Å². The normalized spacial score (nSPS) is 24.0. The molecule has 5 rings (SSSR count). The number of benzene rings is 2. The molecule has 1 N–H and O–H groups in total. The van der Waals surface area contributed by atoms with E-state index < -0.39 is 0 Å². The van der Waals surface area contributed by atoms with Crippen molar-refractivity contribution in [3.8, 4) is 16.9 Å². The molecule has 24 heavy (non-hydrogen) atoms. The van der Waals surface area contributed by atoms with Crippen molar-refractivity contribution < 1.29 is 4.74 Å². The Morgan fingerprint density at radius 2 is 2.17 bits per heavy atom. The van der Waals surface area contributed by atoms with Crippen molar-refractivity contribution in [3.63, 3.8) is 0 Å². The molecule has 0 aliphatic carbocycles. The minimum absolute atomic E-state index is 0.616. The number of nitrogens with one attached hydrogen (secondary N) is 1. The third-order valence-electron chi connectivity index (χ3n) is 5.86. The van der Waals surface area contributed by atoms with Crippen LogP contribution in [0.25, 0.3) is 11.1 Å². The average molecular weight is 341 g/mol. The minimum Gasteiger partial charge on any atom is -0.497 e. The lowest BCUT2D eigenvalue weighted by Gasteiger charge is -2.32. The highest BCUT2D eigenvalue weighted by molar-refractivity contribution is 6.33. The molecule has 3 aliphatic heterocycles. The Labute approximate surface area is 147 Å². The van der Waals surface area contributed by atoms with E-state index in [0.717, 1.165) is 35.8 Å². The van der Waals surface area contributed by atoms with Gasteiger partial charge in [0.25, 0.3) is 0 Å². The van der Waals surface area contributed by atoms with Gasteiger partial charge in [0, 0.05) is 36.3 Å². The minimum atomic E-state index is 0.616. The monoisotopic (exact) mass is 340 g/mol. The van der Waals surface area contributed by atoms with Crippen LogP contribution in [0.3, 0.4) is 0 Å². The number of rotatable bonds is 2. The lowest BCUT2D eigenvalue weighted by Crippen LogP contribution is -2.43. The summed E-state index contributed by atoms with van der Waals surface area (Å²) in [5.41, 5.74) is 6.86. The molecule has 1 fully saturated rings. The largest absolute Gasteiger partial charge is 0.497 e. The van der Waals surface area contributed by atoms with Crippen molar-refractivity contribution in [1.29, 1.82) is 0 Å². The molecule has 124 valence electrons. The molecule has 2 aromatic rings. The smallest absolute Gasteiger partial charge is 0.120 e. The number of nitrogens with zero attached hydrogens (tertiary/aromatic N) is 1. The summed E-state index contributed by atoms with van der Waals surface area (Å²) in [5, 5.41) is 4.33. The van der Waals surface area contributed by atoms with Gasteiger partial charge in [-0.3, -0.25) is 0 Å². The highest BCUT2D eigenvalue weighted by Crippen LogP contribution is 2.50. The fraction of sp³-hybridized carbons (Fsp3) is 0.400. The molecule has 0 unspecified atom stereocenters. The average Bonchev–Trinajstić information content (AvgIpc) is 3.18. The van der Waals surface area contributed by atoms with Gasteiger partial charge in [-0.05, 0) is 66.4 Å².